The zero-order valence-electron chi connectivity index (χ0n) is 16.7. The van der Waals surface area contributed by atoms with Crippen molar-refractivity contribution < 1.29 is 14.4 Å². The smallest absolute Gasteiger partial charge is 0.252 e. The fourth-order valence-corrected chi connectivity index (χ4v) is 4.99. The molecule has 28 heavy (non-hydrogen) atoms. The fourth-order valence-electron chi connectivity index (χ4n) is 4.99. The molecule has 1 atom stereocenters. The SMILES string of the molecule is Cc1ccc(N2CCCC3(CCCN3C(=O)CCN3CCCC3=O)C2=O)cc1. The van der Waals surface area contributed by atoms with Crippen LogP contribution >= 0.6 is 0 Å². The minimum Gasteiger partial charge on any atom is -0.342 e. The lowest BCUT2D eigenvalue weighted by Gasteiger charge is -2.44. The molecule has 0 radical (unpaired) electrons. The zero-order chi connectivity index (χ0) is 19.7. The molecule has 6 heteroatoms. The predicted octanol–water partition coefficient (Wildman–Crippen LogP) is 2.50. The molecular formula is C22H29N3O3. The van der Waals surface area contributed by atoms with Crippen LogP contribution in [0.1, 0.15) is 50.5 Å². The number of hydrogen-bond acceptors (Lipinski definition) is 3. The maximum atomic E-state index is 13.5. The summed E-state index contributed by atoms with van der Waals surface area (Å²) in [6, 6.07) is 8.03. The Morgan fingerprint density at radius 2 is 1.71 bits per heavy atom. The van der Waals surface area contributed by atoms with E-state index in [0.717, 1.165) is 49.9 Å². The topological polar surface area (TPSA) is 60.9 Å². The molecule has 3 heterocycles. The van der Waals surface area contributed by atoms with Crippen LogP contribution in [0.2, 0.25) is 0 Å². The summed E-state index contributed by atoms with van der Waals surface area (Å²) in [5.41, 5.74) is 1.38. The largest absolute Gasteiger partial charge is 0.342 e. The summed E-state index contributed by atoms with van der Waals surface area (Å²) >= 11 is 0. The van der Waals surface area contributed by atoms with Crippen molar-refractivity contribution in [2.75, 3.05) is 31.1 Å². The van der Waals surface area contributed by atoms with Gasteiger partial charge in [0.1, 0.15) is 5.54 Å². The van der Waals surface area contributed by atoms with Gasteiger partial charge in [0.05, 0.1) is 0 Å². The van der Waals surface area contributed by atoms with Crippen molar-refractivity contribution in [3.8, 4) is 0 Å². The number of likely N-dealkylation sites (tertiary alicyclic amines) is 2. The fraction of sp³-hybridized carbons (Fsp3) is 0.591. The van der Waals surface area contributed by atoms with E-state index in [9.17, 15) is 14.4 Å². The number of anilines is 1. The number of carbonyl (C=O) groups excluding carboxylic acids is 3. The van der Waals surface area contributed by atoms with E-state index in [2.05, 4.69) is 0 Å². The number of nitrogens with zero attached hydrogens (tertiary/aromatic N) is 3. The molecule has 150 valence electrons. The average Bonchev–Trinajstić information content (AvgIpc) is 3.30. The standard InChI is InChI=1S/C22H29N3O3/c1-17-6-8-18(9-7-17)24-14-3-11-22(21(24)28)12-4-15-25(22)20(27)10-16-23-13-2-5-19(23)26/h6-9H,2-5,10-16H2,1H3. The molecule has 0 N–H and O–H groups in total. The van der Waals surface area contributed by atoms with Gasteiger partial charge in [0.15, 0.2) is 0 Å². The van der Waals surface area contributed by atoms with Crippen molar-refractivity contribution in [2.45, 2.75) is 57.4 Å². The van der Waals surface area contributed by atoms with E-state index in [1.807, 2.05) is 41.0 Å². The van der Waals surface area contributed by atoms with Gasteiger partial charge in [0.25, 0.3) is 5.91 Å². The lowest BCUT2D eigenvalue weighted by Crippen LogP contribution is -2.61. The molecule has 6 nitrogen and oxygen atoms in total. The lowest BCUT2D eigenvalue weighted by molar-refractivity contribution is -0.145. The molecule has 3 saturated heterocycles. The Morgan fingerprint density at radius 1 is 1.00 bits per heavy atom. The van der Waals surface area contributed by atoms with E-state index >= 15 is 0 Å². The average molecular weight is 383 g/mol. The normalized spacial score (nSPS) is 25.2. The quantitative estimate of drug-likeness (QED) is 0.803. The summed E-state index contributed by atoms with van der Waals surface area (Å²) in [6.07, 6.45) is 5.02. The molecule has 3 aliphatic heterocycles. The summed E-state index contributed by atoms with van der Waals surface area (Å²) in [4.78, 5) is 43.9. The second kappa shape index (κ2) is 7.57. The number of aryl methyl sites for hydroxylation is 1. The monoisotopic (exact) mass is 383 g/mol. The van der Waals surface area contributed by atoms with Crippen LogP contribution in [0, 0.1) is 6.92 Å². The number of hydrogen-bond donors (Lipinski definition) is 0. The molecule has 3 fully saturated rings. The Balaban J connectivity index is 1.49. The first-order valence-corrected chi connectivity index (χ1v) is 10.5. The van der Waals surface area contributed by atoms with Gasteiger partial charge in [-0.1, -0.05) is 17.7 Å². The first kappa shape index (κ1) is 19.0. The summed E-state index contributed by atoms with van der Waals surface area (Å²) in [5.74, 6) is 0.213. The molecule has 1 aromatic carbocycles. The second-order valence-corrected chi connectivity index (χ2v) is 8.31. The van der Waals surface area contributed by atoms with Crippen LogP contribution in [0.3, 0.4) is 0 Å². The van der Waals surface area contributed by atoms with Gasteiger partial charge in [-0.2, -0.15) is 0 Å². The zero-order valence-corrected chi connectivity index (χ0v) is 16.7. The van der Waals surface area contributed by atoms with Gasteiger partial charge in [0, 0.05) is 44.7 Å². The number of amides is 3. The minimum absolute atomic E-state index is 0.0105. The van der Waals surface area contributed by atoms with Crippen LogP contribution in [-0.2, 0) is 14.4 Å². The summed E-state index contributed by atoms with van der Waals surface area (Å²) in [6.45, 7) is 4.59. The maximum absolute atomic E-state index is 13.5. The number of piperidine rings is 1. The van der Waals surface area contributed by atoms with Gasteiger partial charge in [-0.25, -0.2) is 0 Å². The molecule has 0 aliphatic carbocycles. The van der Waals surface area contributed by atoms with Gasteiger partial charge in [-0.05, 0) is 51.2 Å². The lowest BCUT2D eigenvalue weighted by atomic mass is 9.85. The van der Waals surface area contributed by atoms with E-state index in [0.29, 0.717) is 32.5 Å². The molecule has 1 unspecified atom stereocenters. The first-order chi connectivity index (χ1) is 13.5. The Kier molecular flexibility index (Phi) is 5.13. The number of rotatable bonds is 4. The molecule has 4 rings (SSSR count). The van der Waals surface area contributed by atoms with Crippen molar-refractivity contribution in [1.29, 1.82) is 0 Å². The maximum Gasteiger partial charge on any atom is 0.252 e. The third-order valence-corrected chi connectivity index (χ3v) is 6.52. The number of carbonyl (C=O) groups is 3. The van der Waals surface area contributed by atoms with Gasteiger partial charge in [-0.15, -0.1) is 0 Å². The summed E-state index contributed by atoms with van der Waals surface area (Å²) in [5, 5.41) is 0. The predicted molar refractivity (Wildman–Crippen MR) is 107 cm³/mol. The summed E-state index contributed by atoms with van der Waals surface area (Å²) < 4.78 is 0. The van der Waals surface area contributed by atoms with E-state index in [1.165, 1.54) is 0 Å². The molecular weight excluding hydrogens is 354 g/mol. The second-order valence-electron chi connectivity index (χ2n) is 8.31. The Labute approximate surface area is 166 Å². The van der Waals surface area contributed by atoms with Crippen LogP contribution in [0.5, 0.6) is 0 Å². The third-order valence-electron chi connectivity index (χ3n) is 6.52. The van der Waals surface area contributed by atoms with E-state index in [4.69, 9.17) is 0 Å². The Bertz CT molecular complexity index is 776. The first-order valence-electron chi connectivity index (χ1n) is 10.5. The van der Waals surface area contributed by atoms with Crippen LogP contribution in [0.15, 0.2) is 24.3 Å². The van der Waals surface area contributed by atoms with E-state index in [1.54, 1.807) is 4.90 Å². The van der Waals surface area contributed by atoms with Crippen LogP contribution in [0.25, 0.3) is 0 Å². The van der Waals surface area contributed by atoms with Gasteiger partial charge < -0.3 is 14.7 Å². The molecule has 3 amide bonds. The number of benzene rings is 1. The molecule has 1 aromatic rings. The highest BCUT2D eigenvalue weighted by atomic mass is 16.2. The van der Waals surface area contributed by atoms with E-state index in [-0.39, 0.29) is 17.7 Å². The van der Waals surface area contributed by atoms with Crippen molar-refractivity contribution in [1.82, 2.24) is 9.80 Å². The Hall–Kier alpha value is -2.37. The highest BCUT2D eigenvalue weighted by molar-refractivity contribution is 6.03. The van der Waals surface area contributed by atoms with Crippen molar-refractivity contribution in [3.05, 3.63) is 29.8 Å². The molecule has 0 bridgehead atoms. The van der Waals surface area contributed by atoms with Crippen molar-refractivity contribution >= 4 is 23.4 Å². The van der Waals surface area contributed by atoms with Crippen molar-refractivity contribution in [3.63, 3.8) is 0 Å². The molecule has 0 aromatic heterocycles. The van der Waals surface area contributed by atoms with Crippen molar-refractivity contribution in [2.24, 2.45) is 0 Å². The Morgan fingerprint density at radius 3 is 2.39 bits per heavy atom. The highest BCUT2D eigenvalue weighted by Gasteiger charge is 2.52. The molecule has 0 saturated carbocycles. The summed E-state index contributed by atoms with van der Waals surface area (Å²) in [7, 11) is 0. The van der Waals surface area contributed by atoms with E-state index < -0.39 is 5.54 Å². The van der Waals surface area contributed by atoms with Gasteiger partial charge >= 0.3 is 0 Å². The van der Waals surface area contributed by atoms with Gasteiger partial charge in [-0.3, -0.25) is 14.4 Å². The van der Waals surface area contributed by atoms with Crippen LogP contribution in [-0.4, -0.2) is 59.2 Å². The highest BCUT2D eigenvalue weighted by Crippen LogP contribution is 2.40. The van der Waals surface area contributed by atoms with Crippen LogP contribution < -0.4 is 4.90 Å². The van der Waals surface area contributed by atoms with Crippen LogP contribution in [0.4, 0.5) is 5.69 Å². The van der Waals surface area contributed by atoms with Gasteiger partial charge in [0.2, 0.25) is 11.8 Å². The minimum atomic E-state index is -0.699. The molecule has 3 aliphatic rings. The molecule has 1 spiro atoms. The third kappa shape index (κ3) is 3.29.